The molecule has 1 heterocycles. The Balaban J connectivity index is 2.71. The molecular formula is C19H21N2O2. The van der Waals surface area contributed by atoms with E-state index in [9.17, 15) is 10.4 Å². The normalized spacial score (nSPS) is 18.1. The van der Waals surface area contributed by atoms with Crippen molar-refractivity contribution in [2.45, 2.75) is 52.6 Å². The SMILES string of the molecule is CC#Cc1cc(C#CC)cc(C2=[N+]([O-])C(C)(C)C(C)(C)N2[O])c1. The molecule has 0 unspecified atom stereocenters. The minimum absolute atomic E-state index is 0.110. The van der Waals surface area contributed by atoms with Crippen LogP contribution >= 0.6 is 0 Å². The van der Waals surface area contributed by atoms with E-state index in [-0.39, 0.29) is 5.84 Å². The Labute approximate surface area is 138 Å². The molecule has 0 spiro atoms. The van der Waals surface area contributed by atoms with Gasteiger partial charge in [-0.25, -0.2) is 0 Å². The number of rotatable bonds is 1. The summed E-state index contributed by atoms with van der Waals surface area (Å²) in [5.74, 6) is 11.7. The first-order valence-corrected chi connectivity index (χ1v) is 7.49. The lowest BCUT2D eigenvalue weighted by Gasteiger charge is -2.32. The molecule has 2 rings (SSSR count). The second kappa shape index (κ2) is 5.65. The van der Waals surface area contributed by atoms with Gasteiger partial charge in [0.1, 0.15) is 5.54 Å². The van der Waals surface area contributed by atoms with Crippen molar-refractivity contribution in [3.05, 3.63) is 40.1 Å². The van der Waals surface area contributed by atoms with E-state index < -0.39 is 11.1 Å². The third kappa shape index (κ3) is 2.56. The van der Waals surface area contributed by atoms with Crippen LogP contribution in [0.25, 0.3) is 0 Å². The largest absolute Gasteiger partial charge is 0.714 e. The third-order valence-corrected chi connectivity index (χ3v) is 4.63. The van der Waals surface area contributed by atoms with Gasteiger partial charge in [-0.3, -0.25) is 4.74 Å². The van der Waals surface area contributed by atoms with E-state index in [1.165, 1.54) is 0 Å². The average molecular weight is 309 g/mol. The molecule has 1 aromatic rings. The second-order valence-electron chi connectivity index (χ2n) is 6.58. The molecule has 1 radical (unpaired) electrons. The number of benzene rings is 1. The third-order valence-electron chi connectivity index (χ3n) is 4.63. The van der Waals surface area contributed by atoms with Gasteiger partial charge in [-0.2, -0.15) is 0 Å². The zero-order valence-electron chi connectivity index (χ0n) is 14.4. The van der Waals surface area contributed by atoms with Crippen LogP contribution in [0.1, 0.15) is 58.2 Å². The van der Waals surface area contributed by atoms with Gasteiger partial charge >= 0.3 is 5.84 Å². The molecule has 119 valence electrons. The van der Waals surface area contributed by atoms with Gasteiger partial charge < -0.3 is 5.21 Å². The summed E-state index contributed by atoms with van der Waals surface area (Å²) < 4.78 is 0.807. The van der Waals surface area contributed by atoms with Crippen LogP contribution in [0.2, 0.25) is 0 Å². The maximum Gasteiger partial charge on any atom is 0.316 e. The van der Waals surface area contributed by atoms with Crippen LogP contribution < -0.4 is 0 Å². The summed E-state index contributed by atoms with van der Waals surface area (Å²) in [6.07, 6.45) is 0. The number of nitrogens with zero attached hydrogens (tertiary/aromatic N) is 2. The highest BCUT2D eigenvalue weighted by Gasteiger charge is 2.59. The van der Waals surface area contributed by atoms with Crippen molar-refractivity contribution in [3.63, 3.8) is 0 Å². The second-order valence-corrected chi connectivity index (χ2v) is 6.58. The molecule has 1 aliphatic heterocycles. The maximum absolute atomic E-state index is 12.8. The molecule has 4 heteroatoms. The van der Waals surface area contributed by atoms with Crippen molar-refractivity contribution in [2.75, 3.05) is 0 Å². The van der Waals surface area contributed by atoms with Crippen LogP contribution in [0.3, 0.4) is 0 Å². The van der Waals surface area contributed by atoms with Crippen LogP contribution in [-0.4, -0.2) is 26.7 Å². The highest BCUT2D eigenvalue weighted by atomic mass is 16.5. The minimum atomic E-state index is -0.840. The fraction of sp³-hybridized carbons (Fsp3) is 0.421. The van der Waals surface area contributed by atoms with Crippen LogP contribution in [0, 0.1) is 28.9 Å². The number of hydrogen-bond donors (Lipinski definition) is 0. The highest BCUT2D eigenvalue weighted by Crippen LogP contribution is 2.37. The molecule has 0 aromatic heterocycles. The zero-order valence-corrected chi connectivity index (χ0v) is 14.4. The summed E-state index contributed by atoms with van der Waals surface area (Å²) in [7, 11) is 0. The first kappa shape index (κ1) is 16.9. The Kier molecular flexibility index (Phi) is 4.16. The smallest absolute Gasteiger partial charge is 0.316 e. The predicted molar refractivity (Wildman–Crippen MR) is 90.0 cm³/mol. The number of hydrogen-bond acceptors (Lipinski definition) is 2. The fourth-order valence-electron chi connectivity index (χ4n) is 2.53. The molecule has 0 atom stereocenters. The van der Waals surface area contributed by atoms with Crippen molar-refractivity contribution in [1.82, 2.24) is 5.06 Å². The quantitative estimate of drug-likeness (QED) is 0.455. The number of amidine groups is 1. The molecule has 0 aliphatic carbocycles. The minimum Gasteiger partial charge on any atom is -0.714 e. The Morgan fingerprint density at radius 1 is 1.00 bits per heavy atom. The van der Waals surface area contributed by atoms with E-state index in [2.05, 4.69) is 23.7 Å². The average Bonchev–Trinajstić information content (AvgIpc) is 2.58. The molecule has 0 N–H and O–H groups in total. The highest BCUT2D eigenvalue weighted by molar-refractivity contribution is 5.96. The van der Waals surface area contributed by atoms with Crippen molar-refractivity contribution in [2.24, 2.45) is 0 Å². The lowest BCUT2D eigenvalue weighted by Crippen LogP contribution is -2.53. The zero-order chi connectivity index (χ0) is 17.4. The van der Waals surface area contributed by atoms with Crippen molar-refractivity contribution < 1.29 is 9.95 Å². The lowest BCUT2D eigenvalue weighted by molar-refractivity contribution is -0.539. The van der Waals surface area contributed by atoms with E-state index in [1.54, 1.807) is 53.7 Å². The van der Waals surface area contributed by atoms with Crippen molar-refractivity contribution in [3.8, 4) is 23.7 Å². The van der Waals surface area contributed by atoms with Crippen molar-refractivity contribution in [1.29, 1.82) is 0 Å². The van der Waals surface area contributed by atoms with Gasteiger partial charge in [0.2, 0.25) is 0 Å². The molecule has 1 aliphatic rings. The lowest BCUT2D eigenvalue weighted by atomic mass is 9.84. The van der Waals surface area contributed by atoms with E-state index >= 15 is 0 Å². The van der Waals surface area contributed by atoms with Gasteiger partial charge in [-0.15, -0.1) is 11.8 Å². The first-order chi connectivity index (χ1) is 10.7. The summed E-state index contributed by atoms with van der Waals surface area (Å²) in [4.78, 5) is 0. The van der Waals surface area contributed by atoms with Gasteiger partial charge in [-0.05, 0) is 59.7 Å². The van der Waals surface area contributed by atoms with E-state index in [0.29, 0.717) is 5.56 Å². The monoisotopic (exact) mass is 309 g/mol. The predicted octanol–water partition coefficient (Wildman–Crippen LogP) is 2.90. The van der Waals surface area contributed by atoms with Gasteiger partial charge in [-0.1, -0.05) is 16.9 Å². The van der Waals surface area contributed by atoms with E-state index in [1.807, 2.05) is 6.07 Å². The Morgan fingerprint density at radius 3 is 1.83 bits per heavy atom. The first-order valence-electron chi connectivity index (χ1n) is 7.49. The Bertz CT molecular complexity index is 758. The molecule has 1 aromatic carbocycles. The molecule has 0 bridgehead atoms. The molecule has 23 heavy (non-hydrogen) atoms. The van der Waals surface area contributed by atoms with Gasteiger partial charge in [0, 0.05) is 16.3 Å². The fourth-order valence-corrected chi connectivity index (χ4v) is 2.53. The van der Waals surface area contributed by atoms with Gasteiger partial charge in [0.15, 0.2) is 5.54 Å². The molecule has 0 saturated heterocycles. The summed E-state index contributed by atoms with van der Waals surface area (Å²) >= 11 is 0. The summed E-state index contributed by atoms with van der Waals surface area (Å²) in [6, 6.07) is 5.38. The Morgan fingerprint density at radius 2 is 1.48 bits per heavy atom. The molecule has 0 amide bonds. The molecular weight excluding hydrogens is 288 g/mol. The summed E-state index contributed by atoms with van der Waals surface area (Å²) in [6.45, 7) is 10.6. The maximum atomic E-state index is 12.8. The standard InChI is InChI=1S/C19H21N2O2/c1-7-9-14-11-15(10-8-2)13-16(12-14)17-20(22)18(3,4)19(5,6)21(17)23/h11-13H,1-6H3. The van der Waals surface area contributed by atoms with E-state index in [0.717, 1.165) is 20.9 Å². The molecule has 0 saturated carbocycles. The van der Waals surface area contributed by atoms with Crippen LogP contribution in [0.15, 0.2) is 18.2 Å². The Hall–Kier alpha value is -2.43. The van der Waals surface area contributed by atoms with Gasteiger partial charge in [0.25, 0.3) is 0 Å². The van der Waals surface area contributed by atoms with Gasteiger partial charge in [0.05, 0.1) is 5.56 Å². The summed E-state index contributed by atoms with van der Waals surface area (Å²) in [5.41, 5.74) is 0.339. The van der Waals surface area contributed by atoms with Crippen LogP contribution in [0.5, 0.6) is 0 Å². The van der Waals surface area contributed by atoms with Crippen LogP contribution in [0.4, 0.5) is 0 Å². The summed E-state index contributed by atoms with van der Waals surface area (Å²) in [5, 5.41) is 26.3. The molecule has 0 fully saturated rings. The van der Waals surface area contributed by atoms with Crippen molar-refractivity contribution >= 4 is 5.84 Å². The van der Waals surface area contributed by atoms with E-state index in [4.69, 9.17) is 0 Å². The topological polar surface area (TPSA) is 49.2 Å². The number of hydroxylamine groups is 3. The molecule has 4 nitrogen and oxygen atoms in total. The van der Waals surface area contributed by atoms with Crippen LogP contribution in [-0.2, 0) is 5.21 Å².